The molecule has 0 saturated heterocycles. The van der Waals surface area contributed by atoms with Crippen LogP contribution in [0.5, 0.6) is 5.88 Å². The van der Waals surface area contributed by atoms with Gasteiger partial charge in [-0.2, -0.15) is 5.26 Å². The Morgan fingerprint density at radius 2 is 1.77 bits per heavy atom. The van der Waals surface area contributed by atoms with Gasteiger partial charge in [-0.25, -0.2) is 9.97 Å². The molecule has 7 nitrogen and oxygen atoms in total. The van der Waals surface area contributed by atoms with Crippen LogP contribution in [0.4, 0.5) is 5.69 Å². The molecule has 0 spiro atoms. The zero-order valence-electron chi connectivity index (χ0n) is 21.9. The lowest BCUT2D eigenvalue weighted by molar-refractivity contribution is 0.150. The number of hydrogen-bond acceptors (Lipinski definition) is 6. The Morgan fingerprint density at radius 1 is 1.02 bits per heavy atom. The summed E-state index contributed by atoms with van der Waals surface area (Å²) in [5.41, 5.74) is 6.90. The molecule has 5 aromatic rings. The lowest BCUT2D eigenvalue weighted by Crippen LogP contribution is -2.43. The molecule has 2 atom stereocenters. The summed E-state index contributed by atoms with van der Waals surface area (Å²) in [6, 6.07) is 26.6. The van der Waals surface area contributed by atoms with Gasteiger partial charge in [0.2, 0.25) is 5.88 Å². The van der Waals surface area contributed by atoms with Crippen LogP contribution in [0.25, 0.3) is 22.2 Å². The van der Waals surface area contributed by atoms with Crippen LogP contribution in [0.2, 0.25) is 0 Å². The Kier molecular flexibility index (Phi) is 9.28. The van der Waals surface area contributed by atoms with Crippen molar-refractivity contribution in [2.45, 2.75) is 18.6 Å². The van der Waals surface area contributed by atoms with E-state index in [1.54, 1.807) is 0 Å². The molecular formula is C31H30Cl2N6O. The van der Waals surface area contributed by atoms with Gasteiger partial charge in [-0.15, -0.1) is 24.8 Å². The van der Waals surface area contributed by atoms with Gasteiger partial charge in [0.25, 0.3) is 0 Å². The van der Waals surface area contributed by atoms with E-state index in [2.05, 4.69) is 69.1 Å². The molecule has 0 fully saturated rings. The number of halogens is 2. The fourth-order valence-electron chi connectivity index (χ4n) is 4.97. The van der Waals surface area contributed by atoms with Gasteiger partial charge in [0.15, 0.2) is 0 Å². The molecule has 1 aliphatic heterocycles. The van der Waals surface area contributed by atoms with Crippen molar-refractivity contribution < 1.29 is 4.74 Å². The zero-order valence-corrected chi connectivity index (χ0v) is 23.6. The Morgan fingerprint density at radius 3 is 2.55 bits per heavy atom. The van der Waals surface area contributed by atoms with E-state index < -0.39 is 0 Å². The number of rotatable bonds is 7. The minimum atomic E-state index is -0.133. The molecule has 2 aromatic carbocycles. The number of nitriles is 1. The van der Waals surface area contributed by atoms with Crippen molar-refractivity contribution in [2.75, 3.05) is 18.4 Å². The Labute approximate surface area is 246 Å². The average molecular weight is 574 g/mol. The molecule has 1 aliphatic rings. The first-order valence-electron chi connectivity index (χ1n) is 12.8. The molecule has 204 valence electrons. The summed E-state index contributed by atoms with van der Waals surface area (Å²) >= 11 is 0. The summed E-state index contributed by atoms with van der Waals surface area (Å²) in [5, 5.41) is 17.4. The van der Waals surface area contributed by atoms with E-state index in [9.17, 15) is 0 Å². The maximum atomic E-state index is 9.04. The highest BCUT2D eigenvalue weighted by molar-refractivity contribution is 5.85. The molecule has 0 amide bonds. The fourth-order valence-corrected chi connectivity index (χ4v) is 4.97. The van der Waals surface area contributed by atoms with Crippen LogP contribution in [-0.2, 0) is 13.5 Å². The van der Waals surface area contributed by atoms with E-state index in [0.717, 1.165) is 40.8 Å². The van der Waals surface area contributed by atoms with Crippen molar-refractivity contribution in [2.24, 2.45) is 7.05 Å². The summed E-state index contributed by atoms with van der Waals surface area (Å²) in [6.45, 7) is 1.43. The topological polar surface area (TPSA) is 87.8 Å². The number of pyridine rings is 2. The third kappa shape index (κ3) is 6.05. The maximum Gasteiger partial charge on any atom is 0.237 e. The molecule has 3 aromatic heterocycles. The van der Waals surface area contributed by atoms with Gasteiger partial charge in [-0.3, -0.25) is 0 Å². The lowest BCUT2D eigenvalue weighted by Gasteiger charge is -2.33. The molecule has 40 heavy (non-hydrogen) atoms. The molecular weight excluding hydrogens is 543 g/mol. The van der Waals surface area contributed by atoms with Crippen LogP contribution in [0.15, 0.2) is 91.4 Å². The Hall–Kier alpha value is -4.09. The van der Waals surface area contributed by atoms with E-state index in [-0.39, 0.29) is 37.0 Å². The predicted octanol–water partition coefficient (Wildman–Crippen LogP) is 6.10. The molecule has 2 N–H and O–H groups in total. The second-order valence-corrected chi connectivity index (χ2v) is 9.58. The van der Waals surface area contributed by atoms with Gasteiger partial charge in [-0.1, -0.05) is 42.5 Å². The minimum absolute atomic E-state index is 0. The molecule has 0 radical (unpaired) electrons. The third-order valence-electron chi connectivity index (χ3n) is 7.04. The molecule has 0 bridgehead atoms. The van der Waals surface area contributed by atoms with Gasteiger partial charge >= 0.3 is 0 Å². The standard InChI is InChI=1S/C31H28N6O.2ClH/c1-37-14-12-24-15-25(18-35-30(24)37)26-16-27-31(36-19-26)38-28(20-34-27)29(23-5-3-2-4-6-23)33-13-11-21-7-9-22(17-32)10-8-21;;/h2-10,12,14-16,18-19,28-29,33-34H,11,13,20H2,1H3;2*1H/t28-,29+;;/m0../s1. The molecule has 6 rings (SSSR count). The number of ether oxygens (including phenoxy) is 1. The van der Waals surface area contributed by atoms with E-state index in [1.165, 1.54) is 11.1 Å². The first-order chi connectivity index (χ1) is 18.7. The monoisotopic (exact) mass is 572 g/mol. The van der Waals surface area contributed by atoms with Crippen molar-refractivity contribution in [3.05, 3.63) is 108 Å². The normalized spacial score (nSPS) is 14.4. The molecule has 0 aliphatic carbocycles. The van der Waals surface area contributed by atoms with Crippen molar-refractivity contribution >= 4 is 41.5 Å². The lowest BCUT2D eigenvalue weighted by atomic mass is 9.99. The number of aryl methyl sites for hydroxylation is 1. The second kappa shape index (κ2) is 12.8. The molecule has 9 heteroatoms. The van der Waals surface area contributed by atoms with Crippen LogP contribution in [-0.4, -0.2) is 33.7 Å². The van der Waals surface area contributed by atoms with Gasteiger partial charge in [0.1, 0.15) is 11.8 Å². The number of fused-ring (bicyclic) bond motifs is 2. The number of nitrogens with one attached hydrogen (secondary N) is 2. The number of nitrogens with zero attached hydrogens (tertiary/aromatic N) is 4. The van der Waals surface area contributed by atoms with Gasteiger partial charge < -0.3 is 19.9 Å². The summed E-state index contributed by atoms with van der Waals surface area (Å²) in [5.74, 6) is 0.605. The first-order valence-corrected chi connectivity index (χ1v) is 12.8. The average Bonchev–Trinajstić information content (AvgIpc) is 3.35. The van der Waals surface area contributed by atoms with Crippen LogP contribution in [0, 0.1) is 11.3 Å². The number of anilines is 1. The van der Waals surface area contributed by atoms with E-state index in [0.29, 0.717) is 18.0 Å². The number of benzene rings is 2. The summed E-state index contributed by atoms with van der Waals surface area (Å²) in [4.78, 5) is 9.30. The summed E-state index contributed by atoms with van der Waals surface area (Å²) < 4.78 is 8.47. The van der Waals surface area contributed by atoms with Crippen molar-refractivity contribution in [3.63, 3.8) is 0 Å². The fraction of sp³-hybridized carbons (Fsp3) is 0.194. The van der Waals surface area contributed by atoms with E-state index in [1.807, 2.05) is 60.5 Å². The summed E-state index contributed by atoms with van der Waals surface area (Å²) in [6.07, 6.45) is 6.48. The first kappa shape index (κ1) is 28.9. The van der Waals surface area contributed by atoms with E-state index >= 15 is 0 Å². The SMILES string of the molecule is Cl.Cl.Cn1ccc2cc(-c3cnc4c(c3)NC[C@@H]([C@H](NCCc3ccc(C#N)cc3)c3ccccc3)O4)cnc21. The van der Waals surface area contributed by atoms with Crippen molar-refractivity contribution in [1.29, 1.82) is 5.26 Å². The van der Waals surface area contributed by atoms with Gasteiger partial charge in [-0.05, 0) is 54.4 Å². The van der Waals surface area contributed by atoms with E-state index in [4.69, 9.17) is 10.00 Å². The van der Waals surface area contributed by atoms with Crippen molar-refractivity contribution in [1.82, 2.24) is 19.9 Å². The smallest absolute Gasteiger partial charge is 0.237 e. The maximum absolute atomic E-state index is 9.04. The molecule has 0 unspecified atom stereocenters. The van der Waals surface area contributed by atoms with Crippen LogP contribution in [0.3, 0.4) is 0 Å². The zero-order chi connectivity index (χ0) is 25.9. The van der Waals surface area contributed by atoms with Gasteiger partial charge in [0, 0.05) is 42.2 Å². The highest BCUT2D eigenvalue weighted by atomic mass is 35.5. The number of aromatic nitrogens is 3. The van der Waals surface area contributed by atoms with Crippen LogP contribution in [0.1, 0.15) is 22.7 Å². The third-order valence-corrected chi connectivity index (χ3v) is 7.04. The second-order valence-electron chi connectivity index (χ2n) is 9.58. The molecule has 4 heterocycles. The quantitative estimate of drug-likeness (QED) is 0.245. The van der Waals surface area contributed by atoms with Crippen LogP contribution < -0.4 is 15.4 Å². The van der Waals surface area contributed by atoms with Crippen LogP contribution >= 0.6 is 24.8 Å². The Balaban J connectivity index is 0.00000185. The largest absolute Gasteiger partial charge is 0.469 e. The highest BCUT2D eigenvalue weighted by Crippen LogP contribution is 2.34. The predicted molar refractivity (Wildman–Crippen MR) is 163 cm³/mol. The minimum Gasteiger partial charge on any atom is -0.469 e. The highest BCUT2D eigenvalue weighted by Gasteiger charge is 2.29. The van der Waals surface area contributed by atoms with Gasteiger partial charge in [0.05, 0.1) is 29.9 Å². The molecule has 0 saturated carbocycles. The van der Waals surface area contributed by atoms with Crippen molar-refractivity contribution in [3.8, 4) is 23.1 Å². The Bertz CT molecular complexity index is 1620. The number of hydrogen-bond donors (Lipinski definition) is 2. The summed E-state index contributed by atoms with van der Waals surface area (Å²) in [7, 11) is 2.00.